The van der Waals surface area contributed by atoms with Gasteiger partial charge in [-0.15, -0.1) is 0 Å². The predicted octanol–water partition coefficient (Wildman–Crippen LogP) is 1.50. The van der Waals surface area contributed by atoms with Gasteiger partial charge in [-0.05, 0) is 49.9 Å². The smallest absolute Gasteiger partial charge is 0.326 e. The van der Waals surface area contributed by atoms with Gasteiger partial charge in [-0.1, -0.05) is 0 Å². The highest BCUT2D eigenvalue weighted by molar-refractivity contribution is 5.94. The number of unbranched alkanes of at least 4 members (excludes halogenated alkanes) is 2. The van der Waals surface area contributed by atoms with E-state index in [1.165, 1.54) is 30.8 Å². The number of carboxylic acid groups (broad SMARTS) is 2. The minimum absolute atomic E-state index is 0.216. The summed E-state index contributed by atoms with van der Waals surface area (Å²) in [7, 11) is 0. The van der Waals surface area contributed by atoms with Crippen molar-refractivity contribution in [2.24, 2.45) is 0 Å². The first kappa shape index (κ1) is 22.9. The lowest BCUT2D eigenvalue weighted by Crippen LogP contribution is -2.45. The van der Waals surface area contributed by atoms with Gasteiger partial charge in [0.2, 0.25) is 0 Å². The van der Waals surface area contributed by atoms with Crippen molar-refractivity contribution >= 4 is 23.9 Å². The van der Waals surface area contributed by atoms with Crippen molar-refractivity contribution in [1.82, 2.24) is 16.0 Å². The van der Waals surface area contributed by atoms with Gasteiger partial charge in [0, 0.05) is 18.5 Å². The highest BCUT2D eigenvalue weighted by Gasteiger charge is 2.20. The highest BCUT2D eigenvalue weighted by atomic mass is 19.1. The second-order valence-electron chi connectivity index (χ2n) is 5.90. The topological polar surface area (TPSA) is 145 Å². The summed E-state index contributed by atoms with van der Waals surface area (Å²) in [6.45, 7) is 1.86. The van der Waals surface area contributed by atoms with Crippen LogP contribution in [-0.4, -0.2) is 46.7 Å². The number of benzene rings is 1. The third-order valence-electron chi connectivity index (χ3n) is 3.65. The van der Waals surface area contributed by atoms with Crippen LogP contribution in [0.5, 0.6) is 0 Å². The van der Waals surface area contributed by atoms with Crippen LogP contribution in [0, 0.1) is 12.4 Å². The summed E-state index contributed by atoms with van der Waals surface area (Å²) in [5.41, 5.74) is 0.363. The predicted molar refractivity (Wildman–Crippen MR) is 96.8 cm³/mol. The molecule has 153 valence electrons. The van der Waals surface area contributed by atoms with Crippen LogP contribution in [0.3, 0.4) is 0 Å². The number of amides is 3. The molecule has 0 aromatic heterocycles. The number of carboxylic acids is 2. The molecule has 1 radical (unpaired) electrons. The molecule has 0 heterocycles. The maximum absolute atomic E-state index is 12.8. The van der Waals surface area contributed by atoms with Gasteiger partial charge in [-0.3, -0.25) is 9.59 Å². The highest BCUT2D eigenvalue weighted by Crippen LogP contribution is 2.03. The number of hydrogen-bond acceptors (Lipinski definition) is 4. The van der Waals surface area contributed by atoms with E-state index < -0.39 is 29.8 Å². The number of urea groups is 1. The van der Waals surface area contributed by atoms with Crippen LogP contribution in [0.4, 0.5) is 9.18 Å². The first-order valence-electron chi connectivity index (χ1n) is 8.66. The van der Waals surface area contributed by atoms with E-state index in [0.717, 1.165) is 0 Å². The van der Waals surface area contributed by atoms with Crippen molar-refractivity contribution in [3.63, 3.8) is 0 Å². The van der Waals surface area contributed by atoms with Crippen LogP contribution in [0.15, 0.2) is 24.3 Å². The number of hydrogen-bond donors (Lipinski definition) is 5. The molecule has 1 unspecified atom stereocenters. The second-order valence-corrected chi connectivity index (χ2v) is 5.90. The van der Waals surface area contributed by atoms with Gasteiger partial charge < -0.3 is 26.2 Å². The summed E-state index contributed by atoms with van der Waals surface area (Å²) in [6, 6.07) is 3.17. The number of nitrogens with one attached hydrogen (secondary N) is 3. The third-order valence-corrected chi connectivity index (χ3v) is 3.65. The molecule has 5 N–H and O–H groups in total. The van der Waals surface area contributed by atoms with Crippen LogP contribution in [0.1, 0.15) is 42.5 Å². The van der Waals surface area contributed by atoms with Gasteiger partial charge in [0.25, 0.3) is 5.91 Å². The van der Waals surface area contributed by atoms with Crippen molar-refractivity contribution in [3.05, 3.63) is 42.2 Å². The number of aliphatic carboxylic acids is 2. The Bertz CT molecular complexity index is 680. The molecule has 1 atom stereocenters. The fourth-order valence-electron chi connectivity index (χ4n) is 2.17. The molecule has 9 nitrogen and oxygen atoms in total. The largest absolute Gasteiger partial charge is 0.481 e. The zero-order valence-electron chi connectivity index (χ0n) is 15.1. The van der Waals surface area contributed by atoms with E-state index in [1.807, 2.05) is 0 Å². The van der Waals surface area contributed by atoms with Gasteiger partial charge in [-0.25, -0.2) is 14.0 Å². The molecule has 0 fully saturated rings. The Kier molecular flexibility index (Phi) is 10.0. The van der Waals surface area contributed by atoms with Crippen molar-refractivity contribution in [2.75, 3.05) is 6.54 Å². The summed E-state index contributed by atoms with van der Waals surface area (Å²) in [6.07, 6.45) is 1.21. The molecule has 0 aliphatic carbocycles. The first-order valence-corrected chi connectivity index (χ1v) is 8.66. The summed E-state index contributed by atoms with van der Waals surface area (Å²) in [4.78, 5) is 44.9. The lowest BCUT2D eigenvalue weighted by atomic mass is 10.1. The fourth-order valence-corrected chi connectivity index (χ4v) is 2.17. The molecule has 0 aliphatic rings. The van der Waals surface area contributed by atoms with E-state index in [4.69, 9.17) is 10.2 Å². The van der Waals surface area contributed by atoms with Gasteiger partial charge >= 0.3 is 18.0 Å². The lowest BCUT2D eigenvalue weighted by molar-refractivity contribution is -0.140. The molecule has 28 heavy (non-hydrogen) atoms. The SMILES string of the molecule is O=C(O)CCC(NC(=O)N[CH]CCCCNC(=O)c1ccc(F)cc1)C(=O)O. The molecule has 0 bridgehead atoms. The Morgan fingerprint density at radius 2 is 1.75 bits per heavy atom. The molecule has 0 spiro atoms. The molecule has 3 amide bonds. The molecular formula is C18H23FN3O6. The Labute approximate surface area is 161 Å². The van der Waals surface area contributed by atoms with Crippen LogP contribution in [0.25, 0.3) is 0 Å². The zero-order valence-corrected chi connectivity index (χ0v) is 15.1. The Morgan fingerprint density at radius 3 is 2.36 bits per heavy atom. The average Bonchev–Trinajstić information content (AvgIpc) is 2.64. The average molecular weight is 396 g/mol. The number of rotatable bonds is 12. The molecule has 1 aromatic carbocycles. The molecule has 0 saturated carbocycles. The van der Waals surface area contributed by atoms with Gasteiger partial charge in [0.15, 0.2) is 0 Å². The molecule has 1 rings (SSSR count). The summed E-state index contributed by atoms with van der Waals surface area (Å²) < 4.78 is 12.8. The van der Waals surface area contributed by atoms with E-state index in [2.05, 4.69) is 16.0 Å². The number of carbonyl (C=O) groups excluding carboxylic acids is 2. The molecule has 0 saturated heterocycles. The van der Waals surface area contributed by atoms with E-state index >= 15 is 0 Å². The van der Waals surface area contributed by atoms with E-state index in [0.29, 0.717) is 31.4 Å². The number of halogens is 1. The monoisotopic (exact) mass is 396 g/mol. The Morgan fingerprint density at radius 1 is 1.07 bits per heavy atom. The molecule has 1 aromatic rings. The fraction of sp³-hybridized carbons (Fsp3) is 0.389. The maximum Gasteiger partial charge on any atom is 0.326 e. The third kappa shape index (κ3) is 9.51. The van der Waals surface area contributed by atoms with Gasteiger partial charge in [0.05, 0.1) is 6.54 Å². The van der Waals surface area contributed by atoms with Crippen LogP contribution in [-0.2, 0) is 9.59 Å². The summed E-state index contributed by atoms with van der Waals surface area (Å²) >= 11 is 0. The Hall–Kier alpha value is -3.17. The van der Waals surface area contributed by atoms with Gasteiger partial charge in [0.1, 0.15) is 11.9 Å². The van der Waals surface area contributed by atoms with Crippen molar-refractivity contribution in [3.8, 4) is 0 Å². The van der Waals surface area contributed by atoms with Crippen molar-refractivity contribution < 1.29 is 33.8 Å². The second kappa shape index (κ2) is 12.3. The van der Waals surface area contributed by atoms with Gasteiger partial charge in [-0.2, -0.15) is 0 Å². The normalized spacial score (nSPS) is 11.3. The minimum Gasteiger partial charge on any atom is -0.481 e. The van der Waals surface area contributed by atoms with Crippen LogP contribution >= 0.6 is 0 Å². The molecular weight excluding hydrogens is 373 g/mol. The van der Waals surface area contributed by atoms with E-state index in [9.17, 15) is 23.6 Å². The standard InChI is InChI=1S/C18H23FN3O6/c19-13-6-4-12(5-7-13)16(25)20-10-2-1-3-11-21-18(28)22-14(17(26)27)8-9-15(23)24/h4-7,11,14H,1-3,8-10H2,(H,20,25)(H,23,24)(H,26,27)(H2,21,22,28). The van der Waals surface area contributed by atoms with Crippen LogP contribution in [0.2, 0.25) is 0 Å². The van der Waals surface area contributed by atoms with Crippen molar-refractivity contribution in [2.45, 2.75) is 38.1 Å². The van der Waals surface area contributed by atoms with Crippen LogP contribution < -0.4 is 16.0 Å². The van der Waals surface area contributed by atoms with E-state index in [1.54, 1.807) is 0 Å². The lowest BCUT2D eigenvalue weighted by Gasteiger charge is -2.14. The Balaban J connectivity index is 2.13. The zero-order chi connectivity index (χ0) is 20.9. The molecule has 0 aliphatic heterocycles. The molecule has 10 heteroatoms. The maximum atomic E-state index is 12.8. The van der Waals surface area contributed by atoms with Crippen molar-refractivity contribution in [1.29, 1.82) is 0 Å². The van der Waals surface area contributed by atoms with E-state index in [-0.39, 0.29) is 18.7 Å². The summed E-state index contributed by atoms with van der Waals surface area (Å²) in [5, 5.41) is 24.8. The quantitative estimate of drug-likeness (QED) is 0.339. The number of carbonyl (C=O) groups is 4. The minimum atomic E-state index is -1.31. The first-order chi connectivity index (χ1) is 13.3. The summed E-state index contributed by atoms with van der Waals surface area (Å²) in [5.74, 6) is -3.18.